The fourth-order valence-corrected chi connectivity index (χ4v) is 2.64. The summed E-state index contributed by atoms with van der Waals surface area (Å²) < 4.78 is 15.8. The van der Waals surface area contributed by atoms with Crippen molar-refractivity contribution in [2.75, 3.05) is 12.4 Å². The van der Waals surface area contributed by atoms with E-state index in [1.807, 2.05) is 24.3 Å². The van der Waals surface area contributed by atoms with Crippen LogP contribution in [0.3, 0.4) is 0 Å². The third-order valence-electron chi connectivity index (χ3n) is 3.94. The predicted octanol–water partition coefficient (Wildman–Crippen LogP) is 3.59. The fraction of sp³-hybridized carbons (Fsp3) is 0.190. The number of anilines is 1. The van der Waals surface area contributed by atoms with Crippen molar-refractivity contribution in [2.24, 2.45) is 0 Å². The van der Waals surface area contributed by atoms with Gasteiger partial charge in [0.15, 0.2) is 12.4 Å². The van der Waals surface area contributed by atoms with E-state index in [-0.39, 0.29) is 24.9 Å². The summed E-state index contributed by atoms with van der Waals surface area (Å²) in [6.45, 7) is 1.43. The largest absolute Gasteiger partial charge is 0.496 e. The molecule has 1 heterocycles. The van der Waals surface area contributed by atoms with E-state index < -0.39 is 0 Å². The van der Waals surface area contributed by atoms with Gasteiger partial charge in [-0.1, -0.05) is 29.4 Å². The normalized spacial score (nSPS) is 10.4. The number of ether oxygens (including phenoxy) is 2. The summed E-state index contributed by atoms with van der Waals surface area (Å²) in [6.07, 6.45) is 0.119. The standard InChI is InChI=1S/C21H20N2O5/c1-14(24)22-16-9-7-15(8-10-16)11-21(25)27-13-17-12-19(23-28-17)18-5-3-4-6-20(18)26-2/h3-10,12H,11,13H2,1-2H3,(H,22,24). The Labute approximate surface area is 162 Å². The molecule has 0 aliphatic rings. The van der Waals surface area contributed by atoms with Crippen LogP contribution in [0.4, 0.5) is 5.69 Å². The zero-order valence-corrected chi connectivity index (χ0v) is 15.6. The van der Waals surface area contributed by atoms with Crippen LogP contribution in [0.2, 0.25) is 0 Å². The first-order valence-electron chi connectivity index (χ1n) is 8.66. The van der Waals surface area contributed by atoms with Gasteiger partial charge in [0.2, 0.25) is 5.91 Å². The van der Waals surface area contributed by atoms with Gasteiger partial charge in [0.25, 0.3) is 0 Å². The molecule has 1 amide bonds. The van der Waals surface area contributed by atoms with Gasteiger partial charge in [0, 0.05) is 24.2 Å². The fourth-order valence-electron chi connectivity index (χ4n) is 2.64. The molecule has 2 aromatic carbocycles. The Hall–Kier alpha value is -3.61. The second-order valence-corrected chi connectivity index (χ2v) is 6.09. The number of aromatic nitrogens is 1. The first-order valence-corrected chi connectivity index (χ1v) is 8.66. The highest BCUT2D eigenvalue weighted by Gasteiger charge is 2.13. The molecular formula is C21H20N2O5. The smallest absolute Gasteiger partial charge is 0.310 e. The number of rotatable bonds is 7. The average molecular weight is 380 g/mol. The van der Waals surface area contributed by atoms with E-state index in [1.165, 1.54) is 6.92 Å². The van der Waals surface area contributed by atoms with E-state index in [9.17, 15) is 9.59 Å². The van der Waals surface area contributed by atoms with E-state index in [1.54, 1.807) is 37.4 Å². The third kappa shape index (κ3) is 4.97. The minimum atomic E-state index is -0.387. The molecular weight excluding hydrogens is 360 g/mol. The molecule has 28 heavy (non-hydrogen) atoms. The average Bonchev–Trinajstić information content (AvgIpc) is 3.16. The number of hydrogen-bond donors (Lipinski definition) is 1. The number of amides is 1. The Morgan fingerprint density at radius 1 is 1.11 bits per heavy atom. The van der Waals surface area contributed by atoms with Gasteiger partial charge in [0.05, 0.1) is 13.5 Å². The van der Waals surface area contributed by atoms with Crippen molar-refractivity contribution in [2.45, 2.75) is 20.0 Å². The van der Waals surface area contributed by atoms with E-state index in [0.29, 0.717) is 22.9 Å². The predicted molar refractivity (Wildman–Crippen MR) is 103 cm³/mol. The third-order valence-corrected chi connectivity index (χ3v) is 3.94. The summed E-state index contributed by atoms with van der Waals surface area (Å²) >= 11 is 0. The van der Waals surface area contributed by atoms with Crippen LogP contribution in [0.25, 0.3) is 11.3 Å². The number of hydrogen-bond acceptors (Lipinski definition) is 6. The molecule has 3 rings (SSSR count). The minimum absolute atomic E-state index is 0.00897. The molecule has 0 bridgehead atoms. The van der Waals surface area contributed by atoms with Crippen LogP contribution < -0.4 is 10.1 Å². The van der Waals surface area contributed by atoms with E-state index in [4.69, 9.17) is 14.0 Å². The lowest BCUT2D eigenvalue weighted by Gasteiger charge is -2.05. The van der Waals surface area contributed by atoms with Crippen LogP contribution in [0.1, 0.15) is 18.2 Å². The highest BCUT2D eigenvalue weighted by atomic mass is 16.5. The Morgan fingerprint density at radius 2 is 1.86 bits per heavy atom. The number of carbonyl (C=O) groups excluding carboxylic acids is 2. The quantitative estimate of drug-likeness (QED) is 0.630. The minimum Gasteiger partial charge on any atom is -0.496 e. The monoisotopic (exact) mass is 380 g/mol. The van der Waals surface area contributed by atoms with Crippen LogP contribution in [0, 0.1) is 0 Å². The molecule has 0 unspecified atom stereocenters. The van der Waals surface area contributed by atoms with Crippen molar-refractivity contribution < 1.29 is 23.6 Å². The lowest BCUT2D eigenvalue weighted by atomic mass is 10.1. The molecule has 0 fully saturated rings. The van der Waals surface area contributed by atoms with Crippen molar-refractivity contribution in [3.63, 3.8) is 0 Å². The first kappa shape index (κ1) is 19.2. The van der Waals surface area contributed by atoms with Crippen molar-refractivity contribution in [1.82, 2.24) is 5.16 Å². The molecule has 0 spiro atoms. The molecule has 1 N–H and O–H groups in total. The summed E-state index contributed by atoms with van der Waals surface area (Å²) in [5.41, 5.74) is 2.86. The number of nitrogens with zero attached hydrogens (tertiary/aromatic N) is 1. The highest BCUT2D eigenvalue weighted by Crippen LogP contribution is 2.29. The first-order chi connectivity index (χ1) is 13.5. The molecule has 0 saturated heterocycles. The number of carbonyl (C=O) groups is 2. The van der Waals surface area contributed by atoms with Crippen LogP contribution in [-0.4, -0.2) is 24.1 Å². The number of para-hydroxylation sites is 1. The Balaban J connectivity index is 1.55. The molecule has 0 radical (unpaired) electrons. The van der Waals surface area contributed by atoms with Gasteiger partial charge in [-0.3, -0.25) is 9.59 Å². The van der Waals surface area contributed by atoms with Crippen LogP contribution in [0.15, 0.2) is 59.1 Å². The lowest BCUT2D eigenvalue weighted by Crippen LogP contribution is -2.08. The summed E-state index contributed by atoms with van der Waals surface area (Å²) in [7, 11) is 1.59. The number of esters is 1. The van der Waals surface area contributed by atoms with Crippen molar-refractivity contribution in [3.05, 3.63) is 65.9 Å². The van der Waals surface area contributed by atoms with Gasteiger partial charge in [-0.05, 0) is 29.8 Å². The zero-order chi connectivity index (χ0) is 19.9. The molecule has 0 aliphatic heterocycles. The molecule has 0 atom stereocenters. The zero-order valence-electron chi connectivity index (χ0n) is 15.6. The molecule has 144 valence electrons. The van der Waals surface area contributed by atoms with Crippen molar-refractivity contribution in [3.8, 4) is 17.0 Å². The summed E-state index contributed by atoms with van der Waals surface area (Å²) in [5, 5.41) is 6.68. The van der Waals surface area contributed by atoms with E-state index in [2.05, 4.69) is 10.5 Å². The van der Waals surface area contributed by atoms with Gasteiger partial charge in [0.1, 0.15) is 11.4 Å². The summed E-state index contributed by atoms with van der Waals surface area (Å²) in [6, 6.07) is 16.2. The maximum atomic E-state index is 12.1. The topological polar surface area (TPSA) is 90.7 Å². The van der Waals surface area contributed by atoms with Crippen molar-refractivity contribution in [1.29, 1.82) is 0 Å². The lowest BCUT2D eigenvalue weighted by molar-refractivity contribution is -0.144. The van der Waals surface area contributed by atoms with E-state index >= 15 is 0 Å². The highest BCUT2D eigenvalue weighted by molar-refractivity contribution is 5.88. The number of methoxy groups -OCH3 is 1. The molecule has 0 aliphatic carbocycles. The van der Waals surface area contributed by atoms with Gasteiger partial charge >= 0.3 is 5.97 Å². The number of benzene rings is 2. The van der Waals surface area contributed by atoms with Crippen LogP contribution in [0.5, 0.6) is 5.75 Å². The Morgan fingerprint density at radius 3 is 2.57 bits per heavy atom. The van der Waals surface area contributed by atoms with Gasteiger partial charge in [-0.25, -0.2) is 0 Å². The van der Waals surface area contributed by atoms with Crippen molar-refractivity contribution >= 4 is 17.6 Å². The van der Waals surface area contributed by atoms with Gasteiger partial charge in [-0.15, -0.1) is 0 Å². The van der Waals surface area contributed by atoms with Crippen LogP contribution in [-0.2, 0) is 27.4 Å². The van der Waals surface area contributed by atoms with E-state index in [0.717, 1.165) is 11.1 Å². The summed E-state index contributed by atoms with van der Waals surface area (Å²) in [4.78, 5) is 23.1. The molecule has 1 aromatic heterocycles. The Bertz CT molecular complexity index is 963. The van der Waals surface area contributed by atoms with Gasteiger partial charge < -0.3 is 19.3 Å². The molecule has 7 heteroatoms. The maximum absolute atomic E-state index is 12.1. The molecule has 3 aromatic rings. The molecule has 7 nitrogen and oxygen atoms in total. The molecule has 0 saturated carbocycles. The summed E-state index contributed by atoms with van der Waals surface area (Å²) in [5.74, 6) is 0.589. The second-order valence-electron chi connectivity index (χ2n) is 6.09. The van der Waals surface area contributed by atoms with Gasteiger partial charge in [-0.2, -0.15) is 0 Å². The Kier molecular flexibility index (Phi) is 6.06. The SMILES string of the molecule is COc1ccccc1-c1cc(COC(=O)Cc2ccc(NC(C)=O)cc2)on1. The van der Waals surface area contributed by atoms with Crippen LogP contribution >= 0.6 is 0 Å². The number of nitrogens with one attached hydrogen (secondary N) is 1. The maximum Gasteiger partial charge on any atom is 0.310 e. The second kappa shape index (κ2) is 8.85.